The van der Waals surface area contributed by atoms with Crippen LogP contribution in [0.1, 0.15) is 136 Å². The van der Waals surface area contributed by atoms with Gasteiger partial charge < -0.3 is 0 Å². The summed E-state index contributed by atoms with van der Waals surface area (Å²) in [6.45, 7) is 6.58. The van der Waals surface area contributed by atoms with Crippen molar-refractivity contribution >= 4 is 31.9 Å². The molecule has 0 radical (unpaired) electrons. The fourth-order valence-electron chi connectivity index (χ4n) is 3.55. The summed E-state index contributed by atoms with van der Waals surface area (Å²) in [5.74, 6) is 0. The zero-order valence-electron chi connectivity index (χ0n) is 20.1. The summed E-state index contributed by atoms with van der Waals surface area (Å²) in [5, 5.41) is 2.20. The van der Waals surface area contributed by atoms with Gasteiger partial charge in [0.2, 0.25) is 0 Å². The predicted octanol–water partition coefficient (Wildman–Crippen LogP) is 11.3. The van der Waals surface area contributed by atoms with Crippen molar-refractivity contribution in [3.8, 4) is 0 Å². The van der Waals surface area contributed by atoms with Crippen molar-refractivity contribution in [1.82, 2.24) is 0 Å². The summed E-state index contributed by atoms with van der Waals surface area (Å²) in [6, 6.07) is 0. The van der Waals surface area contributed by atoms with E-state index in [0.717, 1.165) is 5.33 Å². The number of alkyl halides is 2. The molecule has 0 heterocycles. The van der Waals surface area contributed by atoms with E-state index in [9.17, 15) is 0 Å². The van der Waals surface area contributed by atoms with E-state index in [2.05, 4.69) is 70.9 Å². The molecule has 0 bridgehead atoms. The van der Waals surface area contributed by atoms with Crippen molar-refractivity contribution in [1.29, 1.82) is 0 Å². The second-order valence-corrected chi connectivity index (χ2v) is 9.60. The first-order chi connectivity index (χ1) is 14.3. The Morgan fingerprint density at radius 1 is 0.621 bits per heavy atom. The highest BCUT2D eigenvalue weighted by atomic mass is 79.9. The van der Waals surface area contributed by atoms with Gasteiger partial charge in [0, 0.05) is 10.7 Å². The Kier molecular flexibility index (Phi) is 33.4. The van der Waals surface area contributed by atoms with E-state index in [0.29, 0.717) is 0 Å². The summed E-state index contributed by atoms with van der Waals surface area (Å²) in [6.07, 6.45) is 31.9. The Balaban J connectivity index is 0. The van der Waals surface area contributed by atoms with E-state index in [4.69, 9.17) is 0 Å². The third-order valence-electron chi connectivity index (χ3n) is 5.25. The maximum Gasteiger partial charge on any atom is 0.0214 e. The van der Waals surface area contributed by atoms with Crippen LogP contribution < -0.4 is 0 Å². The van der Waals surface area contributed by atoms with E-state index in [1.54, 1.807) is 5.57 Å². The van der Waals surface area contributed by atoms with Gasteiger partial charge >= 0.3 is 0 Å². The highest BCUT2D eigenvalue weighted by Crippen LogP contribution is 2.13. The molecule has 0 aromatic rings. The second-order valence-electron chi connectivity index (χ2n) is 8.16. The molecular weight excluding hydrogens is 484 g/mol. The van der Waals surface area contributed by atoms with Gasteiger partial charge in [0.15, 0.2) is 0 Å². The van der Waals surface area contributed by atoms with Gasteiger partial charge in [-0.2, -0.15) is 0 Å². The Bertz CT molecular complexity index is 325. The van der Waals surface area contributed by atoms with Gasteiger partial charge in [-0.25, -0.2) is 0 Å². The third-order valence-corrected chi connectivity index (χ3v) is 6.13. The Hall–Kier alpha value is 0.440. The normalized spacial score (nSPS) is 10.8. The zero-order chi connectivity index (χ0) is 21.8. The van der Waals surface area contributed by atoms with Crippen LogP contribution in [0.5, 0.6) is 0 Å². The smallest absolute Gasteiger partial charge is 0.0214 e. The maximum absolute atomic E-state index is 3.49. The van der Waals surface area contributed by atoms with Crippen molar-refractivity contribution in [2.75, 3.05) is 10.7 Å². The lowest BCUT2D eigenvalue weighted by Gasteiger charge is -2.02. The van der Waals surface area contributed by atoms with E-state index in [1.165, 1.54) is 121 Å². The molecule has 0 rings (SSSR count). The number of rotatable bonds is 20. The lowest BCUT2D eigenvalue weighted by atomic mass is 10.0. The first-order valence-corrected chi connectivity index (χ1v) is 14.9. The van der Waals surface area contributed by atoms with Gasteiger partial charge in [0.25, 0.3) is 0 Å². The zero-order valence-corrected chi connectivity index (χ0v) is 23.3. The Morgan fingerprint density at radius 3 is 1.38 bits per heavy atom. The van der Waals surface area contributed by atoms with Gasteiger partial charge in [0.1, 0.15) is 0 Å². The molecule has 0 aromatic heterocycles. The lowest BCUT2D eigenvalue weighted by Crippen LogP contribution is -1.83. The first kappa shape index (κ1) is 31.6. The monoisotopic (exact) mass is 534 g/mol. The summed E-state index contributed by atoms with van der Waals surface area (Å²) in [5.41, 5.74) is 1.61. The minimum absolute atomic E-state index is 1.02. The lowest BCUT2D eigenvalue weighted by molar-refractivity contribution is 0.540. The fraction of sp³-hybridized carbons (Fsp3) is 0.852. The first-order valence-electron chi connectivity index (χ1n) is 12.7. The molecule has 0 aromatic carbocycles. The molecule has 0 atom stereocenters. The molecule has 0 fully saturated rings. The van der Waals surface area contributed by atoms with Crippen LogP contribution in [-0.2, 0) is 0 Å². The summed E-state index contributed by atoms with van der Waals surface area (Å²) in [4.78, 5) is 0. The average molecular weight is 537 g/mol. The van der Waals surface area contributed by atoms with Crippen LogP contribution in [-0.4, -0.2) is 10.7 Å². The minimum Gasteiger partial charge on any atom is -0.0928 e. The van der Waals surface area contributed by atoms with Crippen LogP contribution >= 0.6 is 31.9 Å². The summed E-state index contributed by atoms with van der Waals surface area (Å²) >= 11 is 6.90. The Labute approximate surface area is 202 Å². The number of unbranched alkanes of at least 4 members (excludes halogenated alkanes) is 13. The summed E-state index contributed by atoms with van der Waals surface area (Å²) in [7, 11) is 0. The van der Waals surface area contributed by atoms with Gasteiger partial charge in [0.05, 0.1) is 0 Å². The fourth-order valence-corrected chi connectivity index (χ4v) is 4.40. The van der Waals surface area contributed by atoms with E-state index in [1.807, 2.05) is 0 Å². The highest BCUT2D eigenvalue weighted by molar-refractivity contribution is 9.09. The topological polar surface area (TPSA) is 0 Å². The molecule has 0 spiro atoms. The van der Waals surface area contributed by atoms with Crippen molar-refractivity contribution in [2.45, 2.75) is 136 Å². The number of hydrogen-bond donors (Lipinski definition) is 0. The van der Waals surface area contributed by atoms with Gasteiger partial charge in [-0.3, -0.25) is 0 Å². The van der Waals surface area contributed by atoms with E-state index in [-0.39, 0.29) is 0 Å². The maximum atomic E-state index is 3.49. The van der Waals surface area contributed by atoms with Crippen molar-refractivity contribution < 1.29 is 0 Å². The van der Waals surface area contributed by atoms with Crippen LogP contribution in [0, 0.1) is 0 Å². The predicted molar refractivity (Wildman–Crippen MR) is 145 cm³/mol. The van der Waals surface area contributed by atoms with E-state index >= 15 is 0 Å². The van der Waals surface area contributed by atoms with Crippen molar-refractivity contribution in [3.05, 3.63) is 23.8 Å². The Morgan fingerprint density at radius 2 is 1.03 bits per heavy atom. The minimum atomic E-state index is 1.02. The van der Waals surface area contributed by atoms with E-state index < -0.39 is 0 Å². The van der Waals surface area contributed by atoms with Crippen molar-refractivity contribution in [3.63, 3.8) is 0 Å². The van der Waals surface area contributed by atoms with Crippen LogP contribution in [0.3, 0.4) is 0 Å². The molecular formula is C27H52Br2. The molecule has 0 N–H and O–H groups in total. The molecule has 0 aliphatic carbocycles. The molecule has 2 heteroatoms. The van der Waals surface area contributed by atoms with Crippen molar-refractivity contribution in [2.24, 2.45) is 0 Å². The molecule has 0 unspecified atom stereocenters. The van der Waals surface area contributed by atoms with Crippen LogP contribution in [0.2, 0.25) is 0 Å². The van der Waals surface area contributed by atoms with Crippen LogP contribution in [0.4, 0.5) is 0 Å². The second kappa shape index (κ2) is 30.6. The molecule has 0 aliphatic heterocycles. The largest absolute Gasteiger partial charge is 0.0928 e. The average Bonchev–Trinajstić information content (AvgIpc) is 2.72. The van der Waals surface area contributed by atoms with Gasteiger partial charge in [-0.15, -0.1) is 0 Å². The molecule has 0 nitrogen and oxygen atoms in total. The molecule has 174 valence electrons. The molecule has 0 aliphatic rings. The van der Waals surface area contributed by atoms with Crippen LogP contribution in [0.25, 0.3) is 0 Å². The molecule has 29 heavy (non-hydrogen) atoms. The molecule has 0 saturated carbocycles. The van der Waals surface area contributed by atoms with Gasteiger partial charge in [-0.05, 0) is 39.0 Å². The third kappa shape index (κ3) is 30.7. The molecule has 0 saturated heterocycles. The quantitative estimate of drug-likeness (QED) is 0.0825. The standard InChI is InChI=1S/C18H35Br.C9H17Br/c1-2-3-4-5-6-7-8-9-10-11-12-13-14-15-16-17-18-19;1-3-5-9(6-4-2)7-8-10/h2-3H,4-18H2,1H3;7H,3-6,8H2,1-2H3. The number of halogens is 2. The van der Waals surface area contributed by atoms with Crippen LogP contribution in [0.15, 0.2) is 23.8 Å². The number of allylic oxidation sites excluding steroid dienone is 4. The molecule has 0 amide bonds. The summed E-state index contributed by atoms with van der Waals surface area (Å²) < 4.78 is 0. The highest BCUT2D eigenvalue weighted by Gasteiger charge is 1.94. The SMILES string of the molecule is CC=CCCCCCCCCCCCCCCCBr.CCCC(=CCBr)CCC. The number of hydrogen-bond acceptors (Lipinski definition) is 0. The van der Waals surface area contributed by atoms with Gasteiger partial charge in [-0.1, -0.05) is 153 Å².